The first-order valence-electron chi connectivity index (χ1n) is 41.0. The molecule has 0 aliphatic heterocycles. The van der Waals surface area contributed by atoms with Crippen molar-refractivity contribution in [3.8, 4) is 0 Å². The van der Waals surface area contributed by atoms with Crippen LogP contribution in [0.15, 0.2) is 182 Å². The van der Waals surface area contributed by atoms with Crippen LogP contribution in [0.2, 0.25) is 0 Å². The van der Waals surface area contributed by atoms with E-state index in [1.54, 1.807) is 0 Å². The highest BCUT2D eigenvalue weighted by atomic mass is 31.2. The number of carbonyl (C=O) groups is 4. The third-order valence-electron chi connectivity index (χ3n) is 16.3. The summed E-state index contributed by atoms with van der Waals surface area (Å²) in [5.74, 6) is -2.38. The molecule has 0 bridgehead atoms. The fourth-order valence-corrected chi connectivity index (χ4v) is 11.7. The van der Waals surface area contributed by atoms with Crippen LogP contribution in [0.4, 0.5) is 0 Å². The third kappa shape index (κ3) is 78.3. The van der Waals surface area contributed by atoms with E-state index in [0.717, 1.165) is 161 Å². The molecular formula is C89H144O17P2. The van der Waals surface area contributed by atoms with Crippen molar-refractivity contribution < 1.29 is 80.2 Å². The molecule has 5 atom stereocenters. The van der Waals surface area contributed by atoms with Crippen molar-refractivity contribution >= 4 is 39.5 Å². The summed E-state index contributed by atoms with van der Waals surface area (Å²) in [5.41, 5.74) is 0. The Morgan fingerprint density at radius 3 is 0.852 bits per heavy atom. The largest absolute Gasteiger partial charge is 0.472 e. The van der Waals surface area contributed by atoms with Gasteiger partial charge in [0.25, 0.3) is 0 Å². The molecule has 612 valence electrons. The van der Waals surface area contributed by atoms with Gasteiger partial charge >= 0.3 is 39.5 Å². The predicted molar refractivity (Wildman–Crippen MR) is 445 cm³/mol. The zero-order valence-electron chi connectivity index (χ0n) is 66.9. The molecule has 5 unspecified atom stereocenters. The van der Waals surface area contributed by atoms with Crippen molar-refractivity contribution in [2.45, 2.75) is 316 Å². The first-order chi connectivity index (χ1) is 52.7. The highest BCUT2D eigenvalue weighted by Gasteiger charge is 2.30. The molecule has 0 aliphatic rings. The highest BCUT2D eigenvalue weighted by Crippen LogP contribution is 2.45. The first-order valence-corrected chi connectivity index (χ1v) is 44.0. The van der Waals surface area contributed by atoms with Crippen LogP contribution in [-0.2, 0) is 65.4 Å². The van der Waals surface area contributed by atoms with Crippen molar-refractivity contribution in [1.82, 2.24) is 0 Å². The summed E-state index contributed by atoms with van der Waals surface area (Å²) < 4.78 is 68.5. The van der Waals surface area contributed by atoms with Gasteiger partial charge in [-0.2, -0.15) is 0 Å². The molecule has 0 aromatic rings. The molecule has 0 aliphatic carbocycles. The van der Waals surface area contributed by atoms with Crippen LogP contribution in [0.3, 0.4) is 0 Å². The Morgan fingerprint density at radius 2 is 0.509 bits per heavy atom. The highest BCUT2D eigenvalue weighted by molar-refractivity contribution is 7.47. The maximum Gasteiger partial charge on any atom is 0.472 e. The number of aliphatic hydroxyl groups excluding tert-OH is 1. The van der Waals surface area contributed by atoms with E-state index in [-0.39, 0.29) is 25.7 Å². The lowest BCUT2D eigenvalue weighted by Gasteiger charge is -2.21. The van der Waals surface area contributed by atoms with Gasteiger partial charge in [0.1, 0.15) is 19.3 Å². The quantitative estimate of drug-likeness (QED) is 0.0169. The van der Waals surface area contributed by atoms with Gasteiger partial charge in [-0.3, -0.25) is 37.3 Å². The molecular weight excluding hydrogens is 1400 g/mol. The summed E-state index contributed by atoms with van der Waals surface area (Å²) in [7, 11) is -10.0. The van der Waals surface area contributed by atoms with Crippen LogP contribution in [0.25, 0.3) is 0 Å². The maximum absolute atomic E-state index is 13.1. The zero-order chi connectivity index (χ0) is 78.9. The van der Waals surface area contributed by atoms with Gasteiger partial charge in [-0.25, -0.2) is 9.13 Å². The van der Waals surface area contributed by atoms with Gasteiger partial charge in [0.2, 0.25) is 0 Å². The van der Waals surface area contributed by atoms with Crippen LogP contribution in [-0.4, -0.2) is 96.7 Å². The summed E-state index contributed by atoms with van der Waals surface area (Å²) in [4.78, 5) is 73.1. The van der Waals surface area contributed by atoms with E-state index >= 15 is 0 Å². The zero-order valence-corrected chi connectivity index (χ0v) is 68.7. The average Bonchev–Trinajstić information content (AvgIpc) is 0.892. The van der Waals surface area contributed by atoms with Gasteiger partial charge < -0.3 is 33.8 Å². The van der Waals surface area contributed by atoms with Crippen LogP contribution < -0.4 is 0 Å². The second-order valence-electron chi connectivity index (χ2n) is 26.6. The number of esters is 4. The molecule has 0 spiro atoms. The Kier molecular flexibility index (Phi) is 75.0. The fourth-order valence-electron chi connectivity index (χ4n) is 10.2. The molecule has 0 rings (SSSR count). The van der Waals surface area contributed by atoms with Crippen LogP contribution in [0.5, 0.6) is 0 Å². The van der Waals surface area contributed by atoms with Gasteiger partial charge in [0.05, 0.1) is 26.4 Å². The molecule has 0 aromatic carbocycles. The minimum Gasteiger partial charge on any atom is -0.462 e. The minimum atomic E-state index is -5.01. The van der Waals surface area contributed by atoms with Gasteiger partial charge in [-0.15, -0.1) is 0 Å². The van der Waals surface area contributed by atoms with E-state index in [4.69, 9.17) is 37.0 Å². The second kappa shape index (κ2) is 79.3. The lowest BCUT2D eigenvalue weighted by Crippen LogP contribution is -2.30. The lowest BCUT2D eigenvalue weighted by molar-refractivity contribution is -0.161. The Hall–Kier alpha value is -5.84. The fraction of sp³-hybridized carbons (Fsp3) is 0.618. The van der Waals surface area contributed by atoms with Crippen LogP contribution in [0, 0.1) is 0 Å². The number of carbonyl (C=O) groups excluding carboxylic acids is 4. The van der Waals surface area contributed by atoms with Gasteiger partial charge in [-0.05, 0) is 167 Å². The molecule has 0 saturated carbocycles. The van der Waals surface area contributed by atoms with Crippen molar-refractivity contribution in [3.05, 3.63) is 182 Å². The number of rotatable bonds is 75. The molecule has 3 N–H and O–H groups in total. The van der Waals surface area contributed by atoms with Crippen molar-refractivity contribution in [3.63, 3.8) is 0 Å². The summed E-state index contributed by atoms with van der Waals surface area (Å²) in [6.07, 6.45) is 96.0. The van der Waals surface area contributed by atoms with Crippen molar-refractivity contribution in [2.75, 3.05) is 39.6 Å². The Labute approximate surface area is 654 Å². The lowest BCUT2D eigenvalue weighted by atomic mass is 10.1. The minimum absolute atomic E-state index is 0.0255. The second-order valence-corrected chi connectivity index (χ2v) is 29.5. The summed E-state index contributed by atoms with van der Waals surface area (Å²) >= 11 is 0. The third-order valence-corrected chi connectivity index (χ3v) is 18.2. The van der Waals surface area contributed by atoms with E-state index in [0.29, 0.717) is 38.5 Å². The van der Waals surface area contributed by atoms with Crippen molar-refractivity contribution in [1.29, 1.82) is 0 Å². The summed E-state index contributed by atoms with van der Waals surface area (Å²) in [6.45, 7) is 4.42. The van der Waals surface area contributed by atoms with Gasteiger partial charge in [0, 0.05) is 25.7 Å². The Bertz CT molecular complexity index is 2760. The standard InChI is InChI=1S/C89H144O17P2/c1-5-9-13-17-21-25-29-33-36-39-41-44-47-51-54-58-62-66-70-74-87(92)100-80-85(106-89(94)76-72-68-64-60-56-52-48-45-42-40-37-34-30-26-22-18-14-10-6-2)82-104-108(97,98)102-78-83(90)77-101-107(95,96)103-81-84(105-88(93)75-71-67-63-59-55-49-32-28-24-20-16-12-8-4)79-99-86(91)73-69-65-61-57-53-50-46-43-38-35-31-27-23-19-15-11-7-3/h9,11,13,15,21-23,25-28,32-38,41-42,44-46,50-51,54,57,61-62,66,83-85,90H,5-8,10,12,14,16-20,24,29-31,39-40,43,47-49,52-53,55-56,58-60,63-65,67-82H2,1-4H3,(H,95,96)(H,97,98)/b13-9-,15-11-,25-21-,26-22-,27-23-,32-28-,36-33-,37-34-,38-35-,44-41-,45-42-,50-46-,54-51-,61-57-,66-62-. The molecule has 0 saturated heterocycles. The van der Waals surface area contributed by atoms with Crippen LogP contribution >= 0.6 is 15.6 Å². The number of ether oxygens (including phenoxy) is 4. The van der Waals surface area contributed by atoms with E-state index in [9.17, 15) is 43.2 Å². The number of unbranched alkanes of at least 4 members (excludes halogenated alkanes) is 19. The molecule has 0 amide bonds. The molecule has 0 heterocycles. The number of phosphoric acid groups is 2. The smallest absolute Gasteiger partial charge is 0.462 e. The number of aliphatic hydroxyl groups is 1. The Balaban J connectivity index is 5.51. The molecule has 108 heavy (non-hydrogen) atoms. The average molecular weight is 1550 g/mol. The number of hydrogen-bond acceptors (Lipinski definition) is 15. The monoisotopic (exact) mass is 1550 g/mol. The van der Waals surface area contributed by atoms with Gasteiger partial charge in [0.15, 0.2) is 12.2 Å². The number of hydrogen-bond donors (Lipinski definition) is 3. The number of allylic oxidation sites excluding steroid dienone is 30. The first kappa shape index (κ1) is 102. The SMILES string of the molecule is CC/C=C\C/C=C\C/C=C\C/C=C\C/C=C\C/C=C\CCC(=O)OCC(COP(=O)(O)OCC(O)COP(=O)(O)OCC(COC(=O)CCC/C=C\C/C=C\C/C=C\C/C=C\C/C=C\CC)OC(=O)CCCCCCC/C=C\CCCCCC)OC(=O)CCCCCCCC/C=C\C/C=C\C/C=C\CCCCC. The predicted octanol–water partition coefficient (Wildman–Crippen LogP) is 24.3. The maximum atomic E-state index is 13.1. The van der Waals surface area contributed by atoms with E-state index in [1.165, 1.54) is 44.9 Å². The van der Waals surface area contributed by atoms with Crippen molar-refractivity contribution in [2.24, 2.45) is 0 Å². The van der Waals surface area contributed by atoms with E-state index < -0.39 is 97.5 Å². The molecule has 0 radical (unpaired) electrons. The molecule has 17 nitrogen and oxygen atoms in total. The van der Waals surface area contributed by atoms with E-state index in [1.807, 2.05) is 30.4 Å². The molecule has 0 fully saturated rings. The topological polar surface area (TPSA) is 237 Å². The normalized spacial score (nSPS) is 14.8. The molecule has 0 aromatic heterocycles. The van der Waals surface area contributed by atoms with E-state index in [2.05, 4.69) is 180 Å². The summed E-state index contributed by atoms with van der Waals surface area (Å²) in [6, 6.07) is 0. The summed E-state index contributed by atoms with van der Waals surface area (Å²) in [5, 5.41) is 10.7. The van der Waals surface area contributed by atoms with Gasteiger partial charge in [-0.1, -0.05) is 287 Å². The Morgan fingerprint density at radius 1 is 0.269 bits per heavy atom. The number of phosphoric ester groups is 2. The van der Waals surface area contributed by atoms with Crippen LogP contribution in [0.1, 0.15) is 297 Å². The molecule has 19 heteroatoms.